The van der Waals surface area contributed by atoms with E-state index in [0.29, 0.717) is 11.5 Å². The van der Waals surface area contributed by atoms with Crippen LogP contribution in [0.3, 0.4) is 0 Å². The standard InChI is InChI=1S/C11H21NO2/c1-9(2)5-7-12-8-6-10(3)11(13)14-4/h6,9,12H,5,7-8H2,1-4H3. The van der Waals surface area contributed by atoms with Gasteiger partial charge in [-0.3, -0.25) is 0 Å². The van der Waals surface area contributed by atoms with Gasteiger partial charge >= 0.3 is 5.97 Å². The highest BCUT2D eigenvalue weighted by Crippen LogP contribution is 1.97. The Kier molecular flexibility index (Phi) is 7.11. The molecular formula is C11H21NO2. The van der Waals surface area contributed by atoms with Crippen molar-refractivity contribution in [1.29, 1.82) is 0 Å². The molecular weight excluding hydrogens is 178 g/mol. The minimum Gasteiger partial charge on any atom is -0.466 e. The Hall–Kier alpha value is -0.830. The molecule has 0 aromatic rings. The second-order valence-corrected chi connectivity index (χ2v) is 3.77. The van der Waals surface area contributed by atoms with Gasteiger partial charge in [0, 0.05) is 12.1 Å². The molecule has 0 saturated heterocycles. The summed E-state index contributed by atoms with van der Waals surface area (Å²) in [6.07, 6.45) is 3.01. The zero-order chi connectivity index (χ0) is 11.0. The van der Waals surface area contributed by atoms with Crippen LogP contribution in [0.15, 0.2) is 11.6 Å². The molecule has 0 aliphatic rings. The summed E-state index contributed by atoms with van der Waals surface area (Å²) in [5.74, 6) is 0.462. The van der Waals surface area contributed by atoms with Gasteiger partial charge in [0.2, 0.25) is 0 Å². The maximum atomic E-state index is 11.0. The van der Waals surface area contributed by atoms with E-state index in [1.54, 1.807) is 6.92 Å². The first-order valence-electron chi connectivity index (χ1n) is 5.03. The molecule has 0 fully saturated rings. The van der Waals surface area contributed by atoms with Crippen LogP contribution in [-0.2, 0) is 9.53 Å². The number of nitrogens with one attached hydrogen (secondary N) is 1. The molecule has 1 N–H and O–H groups in total. The summed E-state index contributed by atoms with van der Waals surface area (Å²) >= 11 is 0. The van der Waals surface area contributed by atoms with Crippen LogP contribution in [0.5, 0.6) is 0 Å². The number of hydrogen-bond acceptors (Lipinski definition) is 3. The molecule has 82 valence electrons. The molecule has 0 aliphatic heterocycles. The quantitative estimate of drug-likeness (QED) is 0.402. The van der Waals surface area contributed by atoms with E-state index in [0.717, 1.165) is 19.5 Å². The summed E-state index contributed by atoms with van der Waals surface area (Å²) in [5, 5.41) is 3.24. The summed E-state index contributed by atoms with van der Waals surface area (Å²) < 4.78 is 4.57. The van der Waals surface area contributed by atoms with Crippen LogP contribution < -0.4 is 5.32 Å². The molecule has 14 heavy (non-hydrogen) atoms. The normalized spacial score (nSPS) is 11.9. The summed E-state index contributed by atoms with van der Waals surface area (Å²) in [5.41, 5.74) is 0.657. The number of carbonyl (C=O) groups excluding carboxylic acids is 1. The molecule has 0 aromatic carbocycles. The van der Waals surface area contributed by atoms with E-state index in [-0.39, 0.29) is 5.97 Å². The molecule has 0 heterocycles. The molecule has 3 nitrogen and oxygen atoms in total. The number of carbonyl (C=O) groups is 1. The van der Waals surface area contributed by atoms with Crippen molar-refractivity contribution < 1.29 is 9.53 Å². The average molecular weight is 199 g/mol. The maximum absolute atomic E-state index is 11.0. The lowest BCUT2D eigenvalue weighted by atomic mass is 10.1. The lowest BCUT2D eigenvalue weighted by Crippen LogP contribution is -2.17. The molecule has 0 radical (unpaired) electrons. The molecule has 0 amide bonds. The van der Waals surface area contributed by atoms with Crippen molar-refractivity contribution in [1.82, 2.24) is 5.32 Å². The van der Waals surface area contributed by atoms with E-state index in [4.69, 9.17) is 0 Å². The summed E-state index contributed by atoms with van der Waals surface area (Å²) in [6, 6.07) is 0. The zero-order valence-electron chi connectivity index (χ0n) is 9.59. The van der Waals surface area contributed by atoms with Gasteiger partial charge in [-0.25, -0.2) is 4.79 Å². The number of esters is 1. The Labute approximate surface area is 86.5 Å². The van der Waals surface area contributed by atoms with Gasteiger partial charge in [0.25, 0.3) is 0 Å². The number of rotatable bonds is 6. The molecule has 0 bridgehead atoms. The van der Waals surface area contributed by atoms with Crippen LogP contribution in [0, 0.1) is 5.92 Å². The molecule has 0 saturated carbocycles. The van der Waals surface area contributed by atoms with E-state index >= 15 is 0 Å². The van der Waals surface area contributed by atoms with Gasteiger partial charge in [-0.2, -0.15) is 0 Å². The highest BCUT2D eigenvalue weighted by molar-refractivity contribution is 5.87. The topological polar surface area (TPSA) is 38.3 Å². The zero-order valence-corrected chi connectivity index (χ0v) is 9.59. The van der Waals surface area contributed by atoms with Crippen LogP contribution in [-0.4, -0.2) is 26.2 Å². The molecule has 0 aromatic heterocycles. The Bertz CT molecular complexity index is 197. The van der Waals surface area contributed by atoms with E-state index in [9.17, 15) is 4.79 Å². The van der Waals surface area contributed by atoms with E-state index < -0.39 is 0 Å². The van der Waals surface area contributed by atoms with Gasteiger partial charge in [0.15, 0.2) is 0 Å². The van der Waals surface area contributed by atoms with Crippen molar-refractivity contribution >= 4 is 5.97 Å². The van der Waals surface area contributed by atoms with Crippen molar-refractivity contribution in [3.63, 3.8) is 0 Å². The van der Waals surface area contributed by atoms with Crippen molar-refractivity contribution in [3.8, 4) is 0 Å². The average Bonchev–Trinajstić information content (AvgIpc) is 2.15. The Morgan fingerprint density at radius 1 is 1.50 bits per heavy atom. The van der Waals surface area contributed by atoms with E-state index in [2.05, 4.69) is 23.9 Å². The van der Waals surface area contributed by atoms with Crippen LogP contribution in [0.2, 0.25) is 0 Å². The highest BCUT2D eigenvalue weighted by Gasteiger charge is 2.00. The summed E-state index contributed by atoms with van der Waals surface area (Å²) in [7, 11) is 1.39. The van der Waals surface area contributed by atoms with Crippen LogP contribution >= 0.6 is 0 Å². The fraction of sp³-hybridized carbons (Fsp3) is 0.727. The third kappa shape index (κ3) is 6.66. The number of methoxy groups -OCH3 is 1. The summed E-state index contributed by atoms with van der Waals surface area (Å²) in [6.45, 7) is 7.86. The fourth-order valence-electron chi connectivity index (χ4n) is 0.962. The minimum absolute atomic E-state index is 0.254. The van der Waals surface area contributed by atoms with Gasteiger partial charge in [0.05, 0.1) is 7.11 Å². The molecule has 0 spiro atoms. The van der Waals surface area contributed by atoms with Gasteiger partial charge in [0.1, 0.15) is 0 Å². The van der Waals surface area contributed by atoms with Crippen LogP contribution in [0.4, 0.5) is 0 Å². The fourth-order valence-corrected chi connectivity index (χ4v) is 0.962. The van der Waals surface area contributed by atoms with Crippen molar-refractivity contribution in [3.05, 3.63) is 11.6 Å². The maximum Gasteiger partial charge on any atom is 0.333 e. The highest BCUT2D eigenvalue weighted by atomic mass is 16.5. The first-order chi connectivity index (χ1) is 6.57. The third-order valence-corrected chi connectivity index (χ3v) is 1.96. The van der Waals surface area contributed by atoms with Crippen molar-refractivity contribution in [2.75, 3.05) is 20.2 Å². The molecule has 0 rings (SSSR count). The van der Waals surface area contributed by atoms with Crippen LogP contribution in [0.1, 0.15) is 27.2 Å². The number of hydrogen-bond donors (Lipinski definition) is 1. The lowest BCUT2D eigenvalue weighted by molar-refractivity contribution is -0.136. The molecule has 0 unspecified atom stereocenters. The Morgan fingerprint density at radius 2 is 2.14 bits per heavy atom. The van der Waals surface area contributed by atoms with Crippen molar-refractivity contribution in [2.24, 2.45) is 5.92 Å². The first kappa shape index (κ1) is 13.2. The first-order valence-corrected chi connectivity index (χ1v) is 5.03. The van der Waals surface area contributed by atoms with Gasteiger partial charge in [-0.05, 0) is 25.8 Å². The van der Waals surface area contributed by atoms with E-state index in [1.807, 2.05) is 6.08 Å². The summed E-state index contributed by atoms with van der Waals surface area (Å²) in [4.78, 5) is 11.0. The van der Waals surface area contributed by atoms with E-state index in [1.165, 1.54) is 7.11 Å². The molecule has 3 heteroatoms. The van der Waals surface area contributed by atoms with Gasteiger partial charge in [-0.1, -0.05) is 19.9 Å². The SMILES string of the molecule is COC(=O)C(C)=CCNCCC(C)C. The smallest absolute Gasteiger partial charge is 0.333 e. The second-order valence-electron chi connectivity index (χ2n) is 3.77. The third-order valence-electron chi connectivity index (χ3n) is 1.96. The second kappa shape index (κ2) is 7.56. The predicted molar refractivity (Wildman–Crippen MR) is 58.1 cm³/mol. The Morgan fingerprint density at radius 3 is 2.64 bits per heavy atom. The monoisotopic (exact) mass is 199 g/mol. The van der Waals surface area contributed by atoms with Crippen molar-refractivity contribution in [2.45, 2.75) is 27.2 Å². The predicted octanol–water partition coefficient (Wildman–Crippen LogP) is 1.74. The Balaban J connectivity index is 3.56. The molecule has 0 aliphatic carbocycles. The van der Waals surface area contributed by atoms with Gasteiger partial charge in [-0.15, -0.1) is 0 Å². The van der Waals surface area contributed by atoms with Crippen LogP contribution in [0.25, 0.3) is 0 Å². The number of ether oxygens (including phenoxy) is 1. The lowest BCUT2D eigenvalue weighted by Gasteiger charge is -2.04. The minimum atomic E-state index is -0.254. The van der Waals surface area contributed by atoms with Gasteiger partial charge < -0.3 is 10.1 Å². The molecule has 0 atom stereocenters. The largest absolute Gasteiger partial charge is 0.466 e.